The van der Waals surface area contributed by atoms with Gasteiger partial charge in [0.05, 0.1) is 23.4 Å². The largest absolute Gasteiger partial charge is 0.376 e. The molecule has 5 nitrogen and oxygen atoms in total. The molecule has 0 unspecified atom stereocenters. The average molecular weight is 378 g/mol. The van der Waals surface area contributed by atoms with Crippen LogP contribution in [-0.2, 0) is 29.9 Å². The van der Waals surface area contributed by atoms with Crippen molar-refractivity contribution in [2.45, 2.75) is 68.9 Å². The van der Waals surface area contributed by atoms with Gasteiger partial charge in [-0.15, -0.1) is 11.3 Å². The van der Waals surface area contributed by atoms with Crippen molar-refractivity contribution in [2.24, 2.45) is 0 Å². The molecule has 1 aliphatic carbocycles. The molecule has 4 rings (SSSR count). The van der Waals surface area contributed by atoms with Gasteiger partial charge in [-0.2, -0.15) is 4.98 Å². The van der Waals surface area contributed by atoms with E-state index >= 15 is 0 Å². The quantitative estimate of drug-likeness (QED) is 0.591. The number of hydrogen-bond acceptors (Lipinski definition) is 6. The van der Waals surface area contributed by atoms with Crippen molar-refractivity contribution in [1.29, 1.82) is 0 Å². The molecule has 2 aromatic heterocycles. The van der Waals surface area contributed by atoms with E-state index in [1.807, 2.05) is 11.5 Å². The summed E-state index contributed by atoms with van der Waals surface area (Å²) in [6.07, 6.45) is 6.63. The van der Waals surface area contributed by atoms with Gasteiger partial charge in [0.15, 0.2) is 0 Å². The van der Waals surface area contributed by atoms with E-state index in [9.17, 15) is 4.79 Å². The van der Waals surface area contributed by atoms with E-state index < -0.39 is 0 Å². The Balaban J connectivity index is 1.61. The van der Waals surface area contributed by atoms with E-state index in [2.05, 4.69) is 15.3 Å². The second-order valence-electron chi connectivity index (χ2n) is 6.72. The first-order chi connectivity index (χ1) is 12.2. The lowest BCUT2D eigenvalue weighted by Crippen LogP contribution is -2.33. The standard InChI is InChI=1S/C18H23N3O2S2/c1-12-19-13(10-24-12)11-25-17-15-6-2-3-7-16(15)21(18(22)20-17)9-14-5-4-8-23-14/h10,14H,2-9,11H2,1H3/t14-/m1/s1. The minimum Gasteiger partial charge on any atom is -0.376 e. The van der Waals surface area contributed by atoms with Gasteiger partial charge in [0, 0.05) is 29.0 Å². The Morgan fingerprint density at radius 3 is 2.96 bits per heavy atom. The van der Waals surface area contributed by atoms with Crippen LogP contribution in [0.4, 0.5) is 0 Å². The van der Waals surface area contributed by atoms with Gasteiger partial charge < -0.3 is 4.74 Å². The molecule has 0 N–H and O–H groups in total. The number of nitrogens with zero attached hydrogens (tertiary/aromatic N) is 3. The Labute approximate surface area is 155 Å². The van der Waals surface area contributed by atoms with Crippen molar-refractivity contribution in [1.82, 2.24) is 14.5 Å². The molecule has 1 saturated heterocycles. The van der Waals surface area contributed by atoms with Crippen LogP contribution in [0.5, 0.6) is 0 Å². The summed E-state index contributed by atoms with van der Waals surface area (Å²) < 4.78 is 7.63. The van der Waals surface area contributed by atoms with Gasteiger partial charge >= 0.3 is 5.69 Å². The predicted octanol–water partition coefficient (Wildman–Crippen LogP) is 3.36. The fourth-order valence-electron chi connectivity index (χ4n) is 3.66. The van der Waals surface area contributed by atoms with E-state index in [-0.39, 0.29) is 11.8 Å². The maximum Gasteiger partial charge on any atom is 0.348 e. The number of thioether (sulfide) groups is 1. The maximum atomic E-state index is 12.7. The first kappa shape index (κ1) is 17.2. The van der Waals surface area contributed by atoms with Crippen molar-refractivity contribution in [2.75, 3.05) is 6.61 Å². The third-order valence-electron chi connectivity index (χ3n) is 4.88. The summed E-state index contributed by atoms with van der Waals surface area (Å²) in [7, 11) is 0. The zero-order chi connectivity index (χ0) is 17.2. The summed E-state index contributed by atoms with van der Waals surface area (Å²) in [5, 5.41) is 4.08. The van der Waals surface area contributed by atoms with Crippen molar-refractivity contribution >= 4 is 23.1 Å². The highest BCUT2D eigenvalue weighted by atomic mass is 32.2. The third-order valence-corrected chi connectivity index (χ3v) is 6.76. The first-order valence-corrected chi connectivity index (χ1v) is 10.9. The highest BCUT2D eigenvalue weighted by Crippen LogP contribution is 2.31. The topological polar surface area (TPSA) is 57.0 Å². The fourth-order valence-corrected chi connectivity index (χ4v) is 5.35. The van der Waals surface area contributed by atoms with Crippen molar-refractivity contribution < 1.29 is 4.74 Å². The smallest absolute Gasteiger partial charge is 0.348 e. The number of rotatable bonds is 5. The zero-order valence-corrected chi connectivity index (χ0v) is 16.1. The Morgan fingerprint density at radius 2 is 2.20 bits per heavy atom. The normalized spacial score (nSPS) is 20.0. The van der Waals surface area contributed by atoms with E-state index in [4.69, 9.17) is 4.74 Å². The molecule has 2 aliphatic rings. The number of hydrogen-bond donors (Lipinski definition) is 0. The molecular formula is C18H23N3O2S2. The van der Waals surface area contributed by atoms with Crippen LogP contribution in [0.25, 0.3) is 0 Å². The second kappa shape index (κ2) is 7.60. The van der Waals surface area contributed by atoms with E-state index in [0.717, 1.165) is 60.2 Å². The van der Waals surface area contributed by atoms with Crippen molar-refractivity contribution in [3.8, 4) is 0 Å². The van der Waals surface area contributed by atoms with Gasteiger partial charge in [0.25, 0.3) is 0 Å². The number of fused-ring (bicyclic) bond motifs is 1. The Kier molecular flexibility index (Phi) is 5.24. The van der Waals surface area contributed by atoms with Crippen molar-refractivity contribution in [3.63, 3.8) is 0 Å². The molecule has 2 aromatic rings. The number of aromatic nitrogens is 3. The van der Waals surface area contributed by atoms with E-state index in [0.29, 0.717) is 6.54 Å². The summed E-state index contributed by atoms with van der Waals surface area (Å²) in [5.41, 5.74) is 3.43. The molecule has 0 spiro atoms. The van der Waals surface area contributed by atoms with Crippen molar-refractivity contribution in [3.05, 3.63) is 37.8 Å². The monoisotopic (exact) mass is 377 g/mol. The lowest BCUT2D eigenvalue weighted by molar-refractivity contribution is 0.0947. The predicted molar refractivity (Wildman–Crippen MR) is 101 cm³/mol. The molecule has 1 fully saturated rings. The first-order valence-electron chi connectivity index (χ1n) is 8.98. The third kappa shape index (κ3) is 3.83. The van der Waals surface area contributed by atoms with Gasteiger partial charge in [0.1, 0.15) is 5.03 Å². The average Bonchev–Trinajstić information content (AvgIpc) is 3.27. The summed E-state index contributed by atoms with van der Waals surface area (Å²) in [6, 6.07) is 0. The Hall–Kier alpha value is -1.18. The molecule has 7 heteroatoms. The summed E-state index contributed by atoms with van der Waals surface area (Å²) in [6.45, 7) is 3.49. The van der Waals surface area contributed by atoms with Gasteiger partial charge in [-0.3, -0.25) is 4.57 Å². The van der Waals surface area contributed by atoms with Crippen LogP contribution in [-0.4, -0.2) is 27.2 Å². The number of thiazole rings is 1. The molecule has 25 heavy (non-hydrogen) atoms. The molecule has 3 heterocycles. The number of ether oxygens (including phenoxy) is 1. The van der Waals surface area contributed by atoms with Gasteiger partial charge in [0.2, 0.25) is 0 Å². The van der Waals surface area contributed by atoms with E-state index in [1.54, 1.807) is 23.1 Å². The Bertz CT molecular complexity index is 809. The van der Waals surface area contributed by atoms with Crippen LogP contribution in [0.15, 0.2) is 15.2 Å². The summed E-state index contributed by atoms with van der Waals surface area (Å²) in [5.74, 6) is 0.777. The molecule has 0 aromatic carbocycles. The SMILES string of the molecule is Cc1nc(CSc2nc(=O)n(C[C@H]3CCCO3)c3c2CCCC3)cs1. The summed E-state index contributed by atoms with van der Waals surface area (Å²) >= 11 is 3.32. The molecule has 1 aliphatic heterocycles. The van der Waals surface area contributed by atoms with Crippen LogP contribution < -0.4 is 5.69 Å². The van der Waals surface area contributed by atoms with Gasteiger partial charge in [-0.1, -0.05) is 11.8 Å². The van der Waals surface area contributed by atoms with Gasteiger partial charge in [-0.05, 0) is 45.4 Å². The molecule has 1 atom stereocenters. The van der Waals surface area contributed by atoms with Crippen LogP contribution in [0.2, 0.25) is 0 Å². The molecule has 0 bridgehead atoms. The highest BCUT2D eigenvalue weighted by molar-refractivity contribution is 7.98. The van der Waals surface area contributed by atoms with Crippen LogP contribution in [0, 0.1) is 6.92 Å². The zero-order valence-electron chi connectivity index (χ0n) is 14.5. The maximum absolute atomic E-state index is 12.7. The fraction of sp³-hybridized carbons (Fsp3) is 0.611. The lowest BCUT2D eigenvalue weighted by atomic mass is 9.97. The van der Waals surface area contributed by atoms with Crippen LogP contribution in [0.3, 0.4) is 0 Å². The summed E-state index contributed by atoms with van der Waals surface area (Å²) in [4.78, 5) is 21.6. The van der Waals surface area contributed by atoms with Crippen LogP contribution >= 0.6 is 23.1 Å². The lowest BCUT2D eigenvalue weighted by Gasteiger charge is -2.24. The van der Waals surface area contributed by atoms with E-state index in [1.165, 1.54) is 17.7 Å². The second-order valence-corrected chi connectivity index (χ2v) is 8.75. The number of aryl methyl sites for hydroxylation is 1. The Morgan fingerprint density at radius 1 is 1.32 bits per heavy atom. The molecule has 134 valence electrons. The minimum absolute atomic E-state index is 0.117. The highest BCUT2D eigenvalue weighted by Gasteiger charge is 2.24. The van der Waals surface area contributed by atoms with Crippen LogP contribution in [0.1, 0.15) is 47.6 Å². The minimum atomic E-state index is -0.117. The molecule has 0 radical (unpaired) electrons. The molecule has 0 amide bonds. The van der Waals surface area contributed by atoms with Gasteiger partial charge in [-0.25, -0.2) is 9.78 Å². The molecular weight excluding hydrogens is 354 g/mol. The molecule has 0 saturated carbocycles.